The summed E-state index contributed by atoms with van der Waals surface area (Å²) in [6.45, 7) is 3.97. The topological polar surface area (TPSA) is 65.5 Å². The number of hydrazine groups is 1. The molecule has 1 aromatic carbocycles. The molecule has 5 nitrogen and oxygen atoms in total. The van der Waals surface area contributed by atoms with Crippen molar-refractivity contribution in [3.05, 3.63) is 57.8 Å². The molecule has 2 atom stereocenters. The van der Waals surface area contributed by atoms with Gasteiger partial charge in [-0.1, -0.05) is 30.3 Å². The van der Waals surface area contributed by atoms with Gasteiger partial charge in [0.1, 0.15) is 6.04 Å². The largest absolute Gasteiger partial charge is 0.271 e. The molecule has 6 heteroatoms. The molecule has 1 amide bonds. The van der Waals surface area contributed by atoms with Crippen LogP contribution in [-0.4, -0.2) is 17.7 Å². The second kappa shape index (κ2) is 7.04. The lowest BCUT2D eigenvalue weighted by Gasteiger charge is -2.08. The summed E-state index contributed by atoms with van der Waals surface area (Å²) >= 11 is 1.75. The van der Waals surface area contributed by atoms with E-state index >= 15 is 0 Å². The zero-order valence-electron chi connectivity index (χ0n) is 13.2. The molecule has 0 bridgehead atoms. The Hall–Kier alpha value is -2.02. The van der Waals surface area contributed by atoms with Crippen LogP contribution in [0.5, 0.6) is 0 Å². The minimum absolute atomic E-state index is 0.122. The number of amides is 1. The summed E-state index contributed by atoms with van der Waals surface area (Å²) < 4.78 is 0. The predicted octanol–water partition coefficient (Wildman–Crippen LogP) is 2.50. The number of hydrogen-bond donors (Lipinski definition) is 3. The van der Waals surface area contributed by atoms with Crippen LogP contribution in [0, 0.1) is 6.92 Å². The van der Waals surface area contributed by atoms with Crippen LogP contribution < -0.4 is 16.3 Å². The lowest BCUT2D eigenvalue weighted by Crippen LogP contribution is -2.41. The van der Waals surface area contributed by atoms with Crippen LogP contribution in [0.3, 0.4) is 0 Å². The van der Waals surface area contributed by atoms with Crippen LogP contribution in [0.2, 0.25) is 0 Å². The molecule has 2 unspecified atom stereocenters. The van der Waals surface area contributed by atoms with E-state index in [9.17, 15) is 4.79 Å². The van der Waals surface area contributed by atoms with Gasteiger partial charge in [-0.05, 0) is 38.0 Å². The lowest BCUT2D eigenvalue weighted by atomic mass is 10.1. The number of thiophene rings is 1. The van der Waals surface area contributed by atoms with E-state index in [1.807, 2.05) is 37.3 Å². The highest BCUT2D eigenvalue weighted by Crippen LogP contribution is 2.28. The van der Waals surface area contributed by atoms with Crippen molar-refractivity contribution in [2.75, 3.05) is 0 Å². The minimum Gasteiger partial charge on any atom is -0.271 e. The third-order valence-corrected chi connectivity index (χ3v) is 4.96. The molecule has 1 aliphatic rings. The van der Waals surface area contributed by atoms with Crippen molar-refractivity contribution in [3.8, 4) is 0 Å². The van der Waals surface area contributed by atoms with E-state index in [0.29, 0.717) is 6.42 Å². The average molecular weight is 328 g/mol. The molecule has 1 aromatic heterocycles. The smallest absolute Gasteiger partial charge is 0.258 e. The van der Waals surface area contributed by atoms with E-state index in [1.54, 1.807) is 11.3 Å². The Morgan fingerprint density at radius 2 is 2.00 bits per heavy atom. The molecule has 0 spiro atoms. The quantitative estimate of drug-likeness (QED) is 0.597. The molecule has 1 saturated heterocycles. The van der Waals surface area contributed by atoms with Crippen LogP contribution in [0.25, 0.3) is 0 Å². The van der Waals surface area contributed by atoms with Gasteiger partial charge in [0.05, 0.1) is 11.8 Å². The molecule has 1 aliphatic heterocycles. The summed E-state index contributed by atoms with van der Waals surface area (Å²) in [6, 6.07) is 13.9. The molecule has 0 radical (unpaired) electrons. The Labute approximate surface area is 139 Å². The Bertz CT molecular complexity index is 710. The molecule has 2 heterocycles. The highest BCUT2D eigenvalue weighted by atomic mass is 32.1. The Morgan fingerprint density at radius 3 is 2.70 bits per heavy atom. The van der Waals surface area contributed by atoms with Crippen LogP contribution in [0.4, 0.5) is 0 Å². The van der Waals surface area contributed by atoms with Gasteiger partial charge >= 0.3 is 0 Å². The standard InChI is InChI=1S/C17H20N4OS/c1-11-8-9-16(23-11)14-10-15(20-19-14)17(22)21-18-12(2)13-6-4-3-5-7-13/h3-9,14-15,19-20H,10H2,1-2H3,(H,21,22)/b18-12+. The summed E-state index contributed by atoms with van der Waals surface area (Å²) in [5.41, 5.74) is 10.7. The number of nitrogens with zero attached hydrogens (tertiary/aromatic N) is 1. The van der Waals surface area contributed by atoms with Crippen molar-refractivity contribution < 1.29 is 4.79 Å². The summed E-state index contributed by atoms with van der Waals surface area (Å²) in [6.07, 6.45) is 0.714. The van der Waals surface area contributed by atoms with Crippen LogP contribution in [-0.2, 0) is 4.79 Å². The van der Waals surface area contributed by atoms with Crippen molar-refractivity contribution >= 4 is 23.0 Å². The minimum atomic E-state index is -0.283. The first-order valence-corrected chi connectivity index (χ1v) is 8.42. The van der Waals surface area contributed by atoms with E-state index < -0.39 is 0 Å². The van der Waals surface area contributed by atoms with Crippen molar-refractivity contribution in [3.63, 3.8) is 0 Å². The van der Waals surface area contributed by atoms with Gasteiger partial charge in [0, 0.05) is 9.75 Å². The number of hydrazone groups is 1. The number of aryl methyl sites for hydroxylation is 1. The maximum absolute atomic E-state index is 12.2. The van der Waals surface area contributed by atoms with Crippen molar-refractivity contribution in [2.24, 2.45) is 5.10 Å². The highest BCUT2D eigenvalue weighted by Gasteiger charge is 2.30. The number of carbonyl (C=O) groups is 1. The molecule has 120 valence electrons. The molecule has 1 fully saturated rings. The third-order valence-electron chi connectivity index (χ3n) is 3.85. The van der Waals surface area contributed by atoms with Crippen molar-refractivity contribution in [1.29, 1.82) is 0 Å². The molecule has 23 heavy (non-hydrogen) atoms. The third kappa shape index (κ3) is 3.85. The van der Waals surface area contributed by atoms with Crippen molar-refractivity contribution in [2.45, 2.75) is 32.4 Å². The Kier molecular flexibility index (Phi) is 4.85. The van der Waals surface area contributed by atoms with Crippen LogP contribution in [0.15, 0.2) is 47.6 Å². The molecule has 2 aromatic rings. The van der Waals surface area contributed by atoms with Crippen LogP contribution >= 0.6 is 11.3 Å². The van der Waals surface area contributed by atoms with Gasteiger partial charge < -0.3 is 0 Å². The van der Waals surface area contributed by atoms with Gasteiger partial charge in [-0.25, -0.2) is 16.3 Å². The average Bonchev–Trinajstić information content (AvgIpc) is 3.22. The van der Waals surface area contributed by atoms with E-state index in [0.717, 1.165) is 11.3 Å². The number of benzene rings is 1. The van der Waals surface area contributed by atoms with Crippen LogP contribution in [0.1, 0.15) is 34.7 Å². The highest BCUT2D eigenvalue weighted by molar-refractivity contribution is 7.12. The Morgan fingerprint density at radius 1 is 1.22 bits per heavy atom. The van der Waals surface area contributed by atoms with E-state index in [2.05, 4.69) is 40.4 Å². The summed E-state index contributed by atoms with van der Waals surface area (Å²) in [5, 5.41) is 4.19. The van der Waals surface area contributed by atoms with E-state index in [1.165, 1.54) is 9.75 Å². The zero-order chi connectivity index (χ0) is 16.2. The number of hydrogen-bond acceptors (Lipinski definition) is 5. The predicted molar refractivity (Wildman–Crippen MR) is 93.3 cm³/mol. The van der Waals surface area contributed by atoms with Gasteiger partial charge in [0.25, 0.3) is 5.91 Å². The normalized spacial score (nSPS) is 21.4. The fourth-order valence-corrected chi connectivity index (χ4v) is 3.46. The van der Waals surface area contributed by atoms with E-state index in [4.69, 9.17) is 0 Å². The zero-order valence-corrected chi connectivity index (χ0v) is 14.0. The monoisotopic (exact) mass is 328 g/mol. The lowest BCUT2D eigenvalue weighted by molar-refractivity contribution is -0.122. The second-order valence-corrected chi connectivity index (χ2v) is 6.94. The van der Waals surface area contributed by atoms with Gasteiger partial charge in [0.15, 0.2) is 0 Å². The fraction of sp³-hybridized carbons (Fsp3) is 0.294. The first-order valence-electron chi connectivity index (χ1n) is 7.60. The molecule has 3 N–H and O–H groups in total. The fourth-order valence-electron chi connectivity index (χ4n) is 2.52. The van der Waals surface area contributed by atoms with Gasteiger partial charge in [-0.15, -0.1) is 11.3 Å². The van der Waals surface area contributed by atoms with Crippen molar-refractivity contribution in [1.82, 2.24) is 16.3 Å². The molecule has 3 rings (SSSR count). The summed E-state index contributed by atoms with van der Waals surface area (Å²) in [7, 11) is 0. The Balaban J connectivity index is 1.57. The summed E-state index contributed by atoms with van der Waals surface area (Å²) in [4.78, 5) is 14.8. The SMILES string of the molecule is C/C(=N\NC(=O)C1CC(c2ccc(C)s2)NN1)c1ccccc1. The van der Waals surface area contributed by atoms with Gasteiger partial charge in [0.2, 0.25) is 0 Å². The maximum Gasteiger partial charge on any atom is 0.258 e. The number of carbonyl (C=O) groups excluding carboxylic acids is 1. The summed E-state index contributed by atoms with van der Waals surface area (Å²) in [5.74, 6) is -0.122. The molecular weight excluding hydrogens is 308 g/mol. The molecule has 0 aliphatic carbocycles. The van der Waals surface area contributed by atoms with E-state index in [-0.39, 0.29) is 18.0 Å². The first kappa shape index (κ1) is 15.9. The molecule has 0 saturated carbocycles. The van der Waals surface area contributed by atoms with Gasteiger partial charge in [-0.3, -0.25) is 4.79 Å². The maximum atomic E-state index is 12.2. The second-order valence-electron chi connectivity index (χ2n) is 5.62. The molecular formula is C17H20N4OS. The number of nitrogens with one attached hydrogen (secondary N) is 3. The first-order chi connectivity index (χ1) is 11.1. The van der Waals surface area contributed by atoms with Gasteiger partial charge in [-0.2, -0.15) is 5.10 Å². The number of rotatable bonds is 4.